The Bertz CT molecular complexity index is 781. The first-order valence-corrected chi connectivity index (χ1v) is 7.48. The van der Waals surface area contributed by atoms with Crippen molar-refractivity contribution in [3.05, 3.63) is 63.6 Å². The summed E-state index contributed by atoms with van der Waals surface area (Å²) in [6.45, 7) is 0. The number of phenols is 1. The number of methoxy groups -OCH3 is 1. The van der Waals surface area contributed by atoms with Gasteiger partial charge in [0.2, 0.25) is 0 Å². The lowest BCUT2D eigenvalue weighted by atomic mass is 10.1. The van der Waals surface area contributed by atoms with E-state index in [0.717, 1.165) is 24.3 Å². The lowest BCUT2D eigenvalue weighted by Gasteiger charge is -2.07. The lowest BCUT2D eigenvalue weighted by molar-refractivity contribution is -0.137. The first-order valence-electron chi connectivity index (χ1n) is 6.68. The minimum absolute atomic E-state index is 0.0660. The maximum Gasteiger partial charge on any atom is 0.416 e. The zero-order valence-electron chi connectivity index (χ0n) is 12.4. The van der Waals surface area contributed by atoms with Crippen LogP contribution in [0.1, 0.15) is 21.5 Å². The van der Waals surface area contributed by atoms with E-state index in [1.165, 1.54) is 25.3 Å². The van der Waals surface area contributed by atoms with Crippen molar-refractivity contribution in [3.8, 4) is 11.5 Å². The van der Waals surface area contributed by atoms with E-state index >= 15 is 0 Å². The van der Waals surface area contributed by atoms with E-state index in [9.17, 15) is 23.1 Å². The number of ketones is 1. The second-order valence-corrected chi connectivity index (χ2v) is 5.68. The van der Waals surface area contributed by atoms with Crippen molar-refractivity contribution in [2.24, 2.45) is 0 Å². The minimum Gasteiger partial charge on any atom is -0.503 e. The van der Waals surface area contributed by atoms with Crippen molar-refractivity contribution >= 4 is 27.8 Å². The summed E-state index contributed by atoms with van der Waals surface area (Å²) in [5.74, 6) is -0.276. The van der Waals surface area contributed by atoms with Crippen molar-refractivity contribution in [2.75, 3.05) is 7.11 Å². The highest BCUT2D eigenvalue weighted by molar-refractivity contribution is 9.10. The Hall–Kier alpha value is -2.28. The fourth-order valence-corrected chi connectivity index (χ4v) is 2.40. The van der Waals surface area contributed by atoms with Gasteiger partial charge in [-0.3, -0.25) is 4.79 Å². The highest BCUT2D eigenvalue weighted by Crippen LogP contribution is 2.35. The summed E-state index contributed by atoms with van der Waals surface area (Å²) in [4.78, 5) is 12.0. The lowest BCUT2D eigenvalue weighted by Crippen LogP contribution is -2.05. The van der Waals surface area contributed by atoms with Gasteiger partial charge >= 0.3 is 6.18 Å². The van der Waals surface area contributed by atoms with Crippen LogP contribution in [0.4, 0.5) is 13.2 Å². The van der Waals surface area contributed by atoms with Crippen LogP contribution in [0.3, 0.4) is 0 Å². The summed E-state index contributed by atoms with van der Waals surface area (Å²) in [5, 5.41) is 9.71. The van der Waals surface area contributed by atoms with Crippen LogP contribution < -0.4 is 4.74 Å². The fourth-order valence-electron chi connectivity index (χ4n) is 1.94. The van der Waals surface area contributed by atoms with E-state index in [1.54, 1.807) is 6.07 Å². The van der Waals surface area contributed by atoms with Gasteiger partial charge in [0.05, 0.1) is 17.1 Å². The van der Waals surface area contributed by atoms with Crippen LogP contribution >= 0.6 is 15.9 Å². The second kappa shape index (κ2) is 7.09. The van der Waals surface area contributed by atoms with E-state index in [4.69, 9.17) is 4.74 Å². The Morgan fingerprint density at radius 2 is 1.83 bits per heavy atom. The molecule has 0 aliphatic carbocycles. The number of allylic oxidation sites excluding steroid dienone is 1. The molecular formula is C17H12BrF3O3. The van der Waals surface area contributed by atoms with Crippen LogP contribution in [-0.4, -0.2) is 18.0 Å². The molecule has 0 spiro atoms. The van der Waals surface area contributed by atoms with Gasteiger partial charge in [-0.2, -0.15) is 13.2 Å². The van der Waals surface area contributed by atoms with Crippen molar-refractivity contribution in [3.63, 3.8) is 0 Å². The monoisotopic (exact) mass is 400 g/mol. The molecular weight excluding hydrogens is 389 g/mol. The smallest absolute Gasteiger partial charge is 0.416 e. The van der Waals surface area contributed by atoms with E-state index in [-0.39, 0.29) is 17.1 Å². The van der Waals surface area contributed by atoms with Crippen LogP contribution in [0, 0.1) is 0 Å². The first kappa shape index (κ1) is 18.1. The van der Waals surface area contributed by atoms with Crippen LogP contribution in [0.2, 0.25) is 0 Å². The fraction of sp³-hybridized carbons (Fsp3) is 0.118. The molecule has 0 heterocycles. The molecule has 0 unspecified atom stereocenters. The van der Waals surface area contributed by atoms with Gasteiger partial charge in [-0.15, -0.1) is 0 Å². The summed E-state index contributed by atoms with van der Waals surface area (Å²) in [7, 11) is 1.39. The highest BCUT2D eigenvalue weighted by atomic mass is 79.9. The molecule has 0 atom stereocenters. The maximum atomic E-state index is 12.5. The number of carbonyl (C=O) groups is 1. The van der Waals surface area contributed by atoms with Crippen molar-refractivity contribution < 1.29 is 27.8 Å². The second-order valence-electron chi connectivity index (χ2n) is 4.83. The maximum absolute atomic E-state index is 12.5. The molecule has 0 amide bonds. The summed E-state index contributed by atoms with van der Waals surface area (Å²) < 4.78 is 42.9. The molecule has 2 rings (SSSR count). The predicted octanol–water partition coefficient (Wildman–Crippen LogP) is 5.08. The molecule has 0 aliphatic rings. The third-order valence-corrected chi connectivity index (χ3v) is 3.80. The minimum atomic E-state index is -4.44. The molecule has 0 saturated carbocycles. The molecule has 126 valence electrons. The third-order valence-electron chi connectivity index (χ3n) is 3.19. The number of halogens is 4. The van der Waals surface area contributed by atoms with Crippen LogP contribution in [0.15, 0.2) is 46.9 Å². The summed E-state index contributed by atoms with van der Waals surface area (Å²) in [6.07, 6.45) is -1.72. The van der Waals surface area contributed by atoms with Gasteiger partial charge in [0.25, 0.3) is 0 Å². The molecule has 0 aliphatic heterocycles. The molecule has 24 heavy (non-hydrogen) atoms. The quantitative estimate of drug-likeness (QED) is 0.574. The van der Waals surface area contributed by atoms with Crippen molar-refractivity contribution in [2.45, 2.75) is 6.18 Å². The number of rotatable bonds is 4. The number of hydrogen-bond acceptors (Lipinski definition) is 3. The van der Waals surface area contributed by atoms with Gasteiger partial charge in [-0.25, -0.2) is 0 Å². The SMILES string of the molecule is COc1cc(/C=C/C(=O)c2ccc(C(F)(F)F)cc2)cc(Br)c1O. The normalized spacial score (nSPS) is 11.7. The topological polar surface area (TPSA) is 46.5 Å². The summed E-state index contributed by atoms with van der Waals surface area (Å²) in [5.41, 5.74) is -0.0870. The molecule has 2 aromatic carbocycles. The number of benzene rings is 2. The van der Waals surface area contributed by atoms with Gasteiger partial charge < -0.3 is 9.84 Å². The number of carbonyl (C=O) groups excluding carboxylic acids is 1. The highest BCUT2D eigenvalue weighted by Gasteiger charge is 2.30. The van der Waals surface area contributed by atoms with Gasteiger partial charge in [0.1, 0.15) is 0 Å². The van der Waals surface area contributed by atoms with E-state index in [1.807, 2.05) is 0 Å². The van der Waals surface area contributed by atoms with E-state index in [2.05, 4.69) is 15.9 Å². The third kappa shape index (κ3) is 4.17. The standard InChI is InChI=1S/C17H12BrF3O3/c1-24-15-9-10(8-13(18)16(15)23)2-7-14(22)11-3-5-12(6-4-11)17(19,20)21/h2-9,23H,1H3/b7-2+. The number of ether oxygens (including phenoxy) is 1. The zero-order valence-corrected chi connectivity index (χ0v) is 14.0. The molecule has 0 bridgehead atoms. The largest absolute Gasteiger partial charge is 0.503 e. The molecule has 2 aromatic rings. The predicted molar refractivity (Wildman–Crippen MR) is 87.2 cm³/mol. The van der Waals surface area contributed by atoms with Gasteiger partial charge in [-0.05, 0) is 51.8 Å². The Morgan fingerprint density at radius 3 is 2.38 bits per heavy atom. The van der Waals surface area contributed by atoms with Gasteiger partial charge in [0.15, 0.2) is 17.3 Å². The Morgan fingerprint density at radius 1 is 1.21 bits per heavy atom. The molecule has 0 aromatic heterocycles. The van der Waals surface area contributed by atoms with Crippen LogP contribution in [-0.2, 0) is 6.18 Å². The zero-order chi connectivity index (χ0) is 17.9. The molecule has 0 saturated heterocycles. The number of phenolic OH excluding ortho intramolecular Hbond substituents is 1. The Labute approximate surface area is 144 Å². The Kier molecular flexibility index (Phi) is 5.33. The number of aromatic hydroxyl groups is 1. The van der Waals surface area contributed by atoms with E-state index < -0.39 is 17.5 Å². The molecule has 1 N–H and O–H groups in total. The van der Waals surface area contributed by atoms with E-state index in [0.29, 0.717) is 10.0 Å². The molecule has 3 nitrogen and oxygen atoms in total. The summed E-state index contributed by atoms with van der Waals surface area (Å²) >= 11 is 3.16. The Balaban J connectivity index is 2.20. The molecule has 0 radical (unpaired) electrons. The van der Waals surface area contributed by atoms with Crippen LogP contribution in [0.25, 0.3) is 6.08 Å². The van der Waals surface area contributed by atoms with Gasteiger partial charge in [-0.1, -0.05) is 18.2 Å². The van der Waals surface area contributed by atoms with Crippen LogP contribution in [0.5, 0.6) is 11.5 Å². The molecule has 0 fully saturated rings. The van der Waals surface area contributed by atoms with Crippen molar-refractivity contribution in [1.29, 1.82) is 0 Å². The van der Waals surface area contributed by atoms with Crippen molar-refractivity contribution in [1.82, 2.24) is 0 Å². The number of alkyl halides is 3. The number of hydrogen-bond donors (Lipinski definition) is 1. The first-order chi connectivity index (χ1) is 11.2. The summed E-state index contributed by atoms with van der Waals surface area (Å²) in [6, 6.07) is 7.08. The average Bonchev–Trinajstić information content (AvgIpc) is 2.54. The average molecular weight is 401 g/mol. The van der Waals surface area contributed by atoms with Gasteiger partial charge in [0, 0.05) is 5.56 Å². The molecule has 7 heteroatoms.